The molecule has 0 spiro atoms. The molecule has 168 valence electrons. The largest absolute Gasteiger partial charge is 0.352 e. The average molecular weight is 423 g/mol. The van der Waals surface area contributed by atoms with E-state index in [-0.39, 0.29) is 23.3 Å². The van der Waals surface area contributed by atoms with Gasteiger partial charge >= 0.3 is 0 Å². The van der Waals surface area contributed by atoms with Gasteiger partial charge in [0.25, 0.3) is 0 Å². The summed E-state index contributed by atoms with van der Waals surface area (Å²) in [7, 11) is 0. The first-order valence-electron chi connectivity index (χ1n) is 11.2. The number of benzene rings is 2. The van der Waals surface area contributed by atoms with E-state index in [1.165, 1.54) is 5.56 Å². The maximum Gasteiger partial charge on any atom is 0.242 e. The van der Waals surface area contributed by atoms with Crippen molar-refractivity contribution in [2.24, 2.45) is 0 Å². The molecule has 0 heterocycles. The van der Waals surface area contributed by atoms with E-state index in [0.29, 0.717) is 19.4 Å². The average Bonchev–Trinajstić information content (AvgIpc) is 2.69. The van der Waals surface area contributed by atoms with Gasteiger partial charge in [-0.15, -0.1) is 0 Å². The summed E-state index contributed by atoms with van der Waals surface area (Å²) in [6.07, 6.45) is 1.03. The van der Waals surface area contributed by atoms with Gasteiger partial charge in [0.2, 0.25) is 11.8 Å². The summed E-state index contributed by atoms with van der Waals surface area (Å²) in [5, 5.41) is 2.94. The van der Waals surface area contributed by atoms with Gasteiger partial charge in [0.15, 0.2) is 0 Å². The van der Waals surface area contributed by atoms with Crippen LogP contribution in [0.15, 0.2) is 48.5 Å². The highest BCUT2D eigenvalue weighted by Crippen LogP contribution is 2.22. The third-order valence-electron chi connectivity index (χ3n) is 5.48. The number of rotatable bonds is 8. The van der Waals surface area contributed by atoms with Crippen molar-refractivity contribution in [1.29, 1.82) is 0 Å². The molecule has 1 atom stereocenters. The molecule has 0 aromatic heterocycles. The molecule has 4 nitrogen and oxygen atoms in total. The summed E-state index contributed by atoms with van der Waals surface area (Å²) in [5.41, 5.74) is 4.70. The summed E-state index contributed by atoms with van der Waals surface area (Å²) in [6, 6.07) is 16.1. The molecule has 2 aromatic carbocycles. The van der Waals surface area contributed by atoms with E-state index in [4.69, 9.17) is 0 Å². The second-order valence-electron chi connectivity index (χ2n) is 9.80. The third-order valence-corrected chi connectivity index (χ3v) is 5.48. The van der Waals surface area contributed by atoms with Gasteiger partial charge in [0, 0.05) is 19.0 Å². The number of nitrogens with zero attached hydrogens (tertiary/aromatic N) is 1. The van der Waals surface area contributed by atoms with Gasteiger partial charge < -0.3 is 10.2 Å². The van der Waals surface area contributed by atoms with E-state index in [2.05, 4.69) is 56.4 Å². The summed E-state index contributed by atoms with van der Waals surface area (Å²) >= 11 is 0. The molecular weight excluding hydrogens is 384 g/mol. The topological polar surface area (TPSA) is 49.4 Å². The first-order valence-corrected chi connectivity index (χ1v) is 11.2. The summed E-state index contributed by atoms with van der Waals surface area (Å²) in [6.45, 7) is 14.7. The lowest BCUT2D eigenvalue weighted by molar-refractivity contribution is -0.140. The van der Waals surface area contributed by atoms with Gasteiger partial charge in [-0.3, -0.25) is 9.59 Å². The van der Waals surface area contributed by atoms with Crippen LogP contribution in [-0.2, 0) is 28.0 Å². The normalized spacial score (nSPS) is 12.5. The number of carbonyl (C=O) groups is 2. The highest BCUT2D eigenvalue weighted by atomic mass is 16.2. The van der Waals surface area contributed by atoms with E-state index in [1.54, 1.807) is 4.90 Å². The fourth-order valence-electron chi connectivity index (χ4n) is 3.56. The third kappa shape index (κ3) is 7.54. The van der Waals surface area contributed by atoms with Crippen molar-refractivity contribution in [3.63, 3.8) is 0 Å². The van der Waals surface area contributed by atoms with Crippen molar-refractivity contribution in [2.45, 2.75) is 85.4 Å². The maximum absolute atomic E-state index is 13.2. The zero-order chi connectivity index (χ0) is 23.2. The fourth-order valence-corrected chi connectivity index (χ4v) is 3.56. The van der Waals surface area contributed by atoms with Crippen LogP contribution in [0.4, 0.5) is 0 Å². The lowest BCUT2D eigenvalue weighted by atomic mass is 9.86. The molecule has 0 unspecified atom stereocenters. The first kappa shape index (κ1) is 24.6. The highest BCUT2D eigenvalue weighted by Gasteiger charge is 2.26. The Balaban J connectivity index is 2.14. The molecule has 0 aliphatic rings. The second kappa shape index (κ2) is 10.6. The Morgan fingerprint density at radius 1 is 0.968 bits per heavy atom. The van der Waals surface area contributed by atoms with Gasteiger partial charge in [0.05, 0.1) is 0 Å². The Hall–Kier alpha value is -2.62. The van der Waals surface area contributed by atoms with Crippen LogP contribution in [0.25, 0.3) is 0 Å². The van der Waals surface area contributed by atoms with Crippen LogP contribution in [0.5, 0.6) is 0 Å². The Labute approximate surface area is 188 Å². The molecule has 0 bridgehead atoms. The van der Waals surface area contributed by atoms with Gasteiger partial charge in [-0.05, 0) is 56.2 Å². The molecule has 2 rings (SSSR count). The van der Waals surface area contributed by atoms with Gasteiger partial charge in [-0.2, -0.15) is 0 Å². The zero-order valence-corrected chi connectivity index (χ0v) is 20.2. The Morgan fingerprint density at radius 2 is 1.61 bits per heavy atom. The van der Waals surface area contributed by atoms with Crippen molar-refractivity contribution in [3.05, 3.63) is 70.8 Å². The zero-order valence-electron chi connectivity index (χ0n) is 20.2. The molecule has 2 aromatic rings. The lowest BCUT2D eigenvalue weighted by Crippen LogP contribution is -2.49. The molecule has 2 amide bonds. The van der Waals surface area contributed by atoms with E-state index in [0.717, 1.165) is 16.7 Å². The van der Waals surface area contributed by atoms with Crippen molar-refractivity contribution in [1.82, 2.24) is 10.2 Å². The monoisotopic (exact) mass is 422 g/mol. The molecular formula is C27H38N2O2. The number of amides is 2. The SMILES string of the molecule is Cc1cccc(CN(C(=O)CCc2ccc(C(C)(C)C)cc2)[C@H](C)C(=O)NC(C)C)c1. The number of hydrogen-bond acceptors (Lipinski definition) is 2. The van der Waals surface area contributed by atoms with Crippen LogP contribution in [0, 0.1) is 6.92 Å². The second-order valence-corrected chi connectivity index (χ2v) is 9.80. The number of carbonyl (C=O) groups excluding carboxylic acids is 2. The maximum atomic E-state index is 13.2. The number of nitrogens with one attached hydrogen (secondary N) is 1. The van der Waals surface area contributed by atoms with Crippen molar-refractivity contribution in [3.8, 4) is 0 Å². The minimum Gasteiger partial charge on any atom is -0.352 e. The van der Waals surface area contributed by atoms with Crippen molar-refractivity contribution < 1.29 is 9.59 Å². The van der Waals surface area contributed by atoms with Crippen molar-refractivity contribution in [2.75, 3.05) is 0 Å². The summed E-state index contributed by atoms with van der Waals surface area (Å²) < 4.78 is 0. The molecule has 0 saturated carbocycles. The molecule has 0 fully saturated rings. The van der Waals surface area contributed by atoms with Crippen LogP contribution < -0.4 is 5.32 Å². The first-order chi connectivity index (χ1) is 14.5. The van der Waals surface area contributed by atoms with Crippen LogP contribution in [0.1, 0.15) is 70.2 Å². The van der Waals surface area contributed by atoms with Crippen LogP contribution in [-0.4, -0.2) is 28.8 Å². The summed E-state index contributed by atoms with van der Waals surface area (Å²) in [4.78, 5) is 27.6. The van der Waals surface area contributed by atoms with Gasteiger partial charge in [0.1, 0.15) is 6.04 Å². The molecule has 0 saturated heterocycles. The van der Waals surface area contributed by atoms with Crippen LogP contribution in [0.3, 0.4) is 0 Å². The molecule has 0 aliphatic carbocycles. The molecule has 0 radical (unpaired) electrons. The van der Waals surface area contributed by atoms with E-state index < -0.39 is 6.04 Å². The molecule has 31 heavy (non-hydrogen) atoms. The van der Waals surface area contributed by atoms with Crippen LogP contribution in [0.2, 0.25) is 0 Å². The number of aryl methyl sites for hydroxylation is 2. The Kier molecular flexibility index (Phi) is 8.43. The van der Waals surface area contributed by atoms with E-state index in [1.807, 2.05) is 45.9 Å². The van der Waals surface area contributed by atoms with Crippen LogP contribution >= 0.6 is 0 Å². The standard InChI is InChI=1S/C27H38N2O2/c1-19(2)28-26(31)21(4)29(18-23-10-8-9-20(3)17-23)25(30)16-13-22-11-14-24(15-12-22)27(5,6)7/h8-12,14-15,17,19,21H,13,16,18H2,1-7H3,(H,28,31)/t21-/m1/s1. The van der Waals surface area contributed by atoms with Gasteiger partial charge in [-0.1, -0.05) is 74.9 Å². The molecule has 1 N–H and O–H groups in total. The van der Waals surface area contributed by atoms with Crippen molar-refractivity contribution >= 4 is 11.8 Å². The predicted octanol–water partition coefficient (Wildman–Crippen LogP) is 5.17. The van der Waals surface area contributed by atoms with Gasteiger partial charge in [-0.25, -0.2) is 0 Å². The summed E-state index contributed by atoms with van der Waals surface area (Å²) in [5.74, 6) is -0.127. The van der Waals surface area contributed by atoms with E-state index >= 15 is 0 Å². The van der Waals surface area contributed by atoms with E-state index in [9.17, 15) is 9.59 Å². The predicted molar refractivity (Wildman–Crippen MR) is 128 cm³/mol. The fraction of sp³-hybridized carbons (Fsp3) is 0.481. The number of hydrogen-bond donors (Lipinski definition) is 1. The minimum absolute atomic E-state index is 0.00666. The smallest absolute Gasteiger partial charge is 0.242 e. The lowest BCUT2D eigenvalue weighted by Gasteiger charge is -2.29. The Bertz CT molecular complexity index is 879. The minimum atomic E-state index is -0.529. The highest BCUT2D eigenvalue weighted by molar-refractivity contribution is 5.87. The molecule has 4 heteroatoms. The quantitative estimate of drug-likeness (QED) is 0.638. The Morgan fingerprint density at radius 3 is 2.16 bits per heavy atom. The molecule has 0 aliphatic heterocycles.